The first-order chi connectivity index (χ1) is 9.88. The minimum absolute atomic E-state index is 0.117. The molecule has 0 heterocycles. The summed E-state index contributed by atoms with van der Waals surface area (Å²) in [6, 6.07) is 5.35. The zero-order valence-corrected chi connectivity index (χ0v) is 13.1. The van der Waals surface area contributed by atoms with E-state index in [1.54, 1.807) is 17.8 Å². The molecule has 0 aliphatic rings. The first-order valence-electron chi connectivity index (χ1n) is 6.97. The van der Waals surface area contributed by atoms with Crippen LogP contribution in [-0.4, -0.2) is 29.8 Å². The van der Waals surface area contributed by atoms with Gasteiger partial charge in [-0.1, -0.05) is 26.0 Å². The van der Waals surface area contributed by atoms with E-state index in [1.165, 1.54) is 12.1 Å². The number of halogens is 3. The van der Waals surface area contributed by atoms with Gasteiger partial charge in [-0.25, -0.2) is 0 Å². The van der Waals surface area contributed by atoms with Crippen molar-refractivity contribution in [2.45, 2.75) is 26.1 Å². The average molecular weight is 321 g/mol. The second kappa shape index (κ2) is 8.66. The van der Waals surface area contributed by atoms with Gasteiger partial charge in [0.2, 0.25) is 0 Å². The Labute approximate surface area is 128 Å². The van der Waals surface area contributed by atoms with Gasteiger partial charge in [0.05, 0.1) is 5.56 Å². The molecule has 0 fully saturated rings. The van der Waals surface area contributed by atoms with Crippen molar-refractivity contribution >= 4 is 11.8 Å². The molecule has 0 aliphatic carbocycles. The van der Waals surface area contributed by atoms with Gasteiger partial charge in [-0.2, -0.15) is 24.9 Å². The van der Waals surface area contributed by atoms with Gasteiger partial charge in [-0.15, -0.1) is 0 Å². The summed E-state index contributed by atoms with van der Waals surface area (Å²) in [7, 11) is 0. The van der Waals surface area contributed by atoms with Crippen molar-refractivity contribution in [2.24, 2.45) is 5.92 Å². The second-order valence-electron chi connectivity index (χ2n) is 5.06. The molecular weight excluding hydrogens is 299 g/mol. The maximum Gasteiger partial charge on any atom is 0.416 e. The normalized spacial score (nSPS) is 15.0. The molecule has 2 unspecified atom stereocenters. The fourth-order valence-electron chi connectivity index (χ4n) is 1.89. The van der Waals surface area contributed by atoms with Crippen molar-refractivity contribution in [3.05, 3.63) is 35.4 Å². The maximum atomic E-state index is 12.8. The molecule has 1 aromatic carbocycles. The van der Waals surface area contributed by atoms with Gasteiger partial charge in [-0.05, 0) is 35.9 Å². The third-order valence-electron chi connectivity index (χ3n) is 3.07. The molecule has 0 spiro atoms. The molecule has 2 atom stereocenters. The molecule has 21 heavy (non-hydrogen) atoms. The molecule has 1 aromatic rings. The van der Waals surface area contributed by atoms with Gasteiger partial charge in [0.25, 0.3) is 0 Å². The van der Waals surface area contributed by atoms with Crippen LogP contribution in [0.5, 0.6) is 0 Å². The fourth-order valence-corrected chi connectivity index (χ4v) is 3.08. The van der Waals surface area contributed by atoms with E-state index in [1.807, 2.05) is 13.8 Å². The molecule has 0 radical (unpaired) electrons. The molecular formula is C15H22F3NOS. The van der Waals surface area contributed by atoms with E-state index in [-0.39, 0.29) is 18.6 Å². The highest BCUT2D eigenvalue weighted by atomic mass is 32.2. The fraction of sp³-hybridized carbons (Fsp3) is 0.600. The van der Waals surface area contributed by atoms with Crippen molar-refractivity contribution in [3.8, 4) is 0 Å². The van der Waals surface area contributed by atoms with E-state index in [0.29, 0.717) is 17.9 Å². The topological polar surface area (TPSA) is 32.3 Å². The summed E-state index contributed by atoms with van der Waals surface area (Å²) in [5.41, 5.74) is 0.0347. The largest absolute Gasteiger partial charge is 0.416 e. The highest BCUT2D eigenvalue weighted by molar-refractivity contribution is 7.99. The Morgan fingerprint density at radius 2 is 2.00 bits per heavy atom. The first kappa shape index (κ1) is 18.3. The van der Waals surface area contributed by atoms with Crippen LogP contribution >= 0.6 is 11.8 Å². The van der Waals surface area contributed by atoms with Crippen LogP contribution in [0, 0.1) is 5.92 Å². The minimum atomic E-state index is -4.31. The lowest BCUT2D eigenvalue weighted by atomic mass is 10.0. The molecule has 0 amide bonds. The zero-order chi connectivity index (χ0) is 15.9. The van der Waals surface area contributed by atoms with E-state index < -0.39 is 11.7 Å². The summed E-state index contributed by atoms with van der Waals surface area (Å²) in [6.07, 6.45) is -4.31. The van der Waals surface area contributed by atoms with Crippen molar-refractivity contribution in [1.82, 2.24) is 5.32 Å². The van der Waals surface area contributed by atoms with Gasteiger partial charge in [0, 0.05) is 18.4 Å². The molecule has 0 saturated heterocycles. The van der Waals surface area contributed by atoms with Gasteiger partial charge < -0.3 is 10.4 Å². The van der Waals surface area contributed by atoms with Crippen LogP contribution < -0.4 is 5.32 Å². The van der Waals surface area contributed by atoms with Gasteiger partial charge in [0.15, 0.2) is 0 Å². The van der Waals surface area contributed by atoms with Gasteiger partial charge in [-0.3, -0.25) is 0 Å². The van der Waals surface area contributed by atoms with Crippen molar-refractivity contribution < 1.29 is 18.3 Å². The molecule has 120 valence electrons. The number of hydrogen-bond donors (Lipinski definition) is 2. The summed E-state index contributed by atoms with van der Waals surface area (Å²) in [4.78, 5) is 0. The number of thioether (sulfide) groups is 1. The Balaban J connectivity index is 2.76. The molecule has 1 rings (SSSR count). The first-order valence-corrected chi connectivity index (χ1v) is 8.13. The summed E-state index contributed by atoms with van der Waals surface area (Å²) >= 11 is 1.64. The van der Waals surface area contributed by atoms with Crippen LogP contribution in [0.2, 0.25) is 0 Å². The lowest BCUT2D eigenvalue weighted by molar-refractivity contribution is -0.137. The third kappa shape index (κ3) is 6.28. The van der Waals surface area contributed by atoms with Crippen LogP contribution in [0.1, 0.15) is 31.0 Å². The molecule has 0 aliphatic heterocycles. The quantitative estimate of drug-likeness (QED) is 0.765. The van der Waals surface area contributed by atoms with E-state index >= 15 is 0 Å². The SMILES string of the molecule is CCNC(CSCC(C)CO)c1cccc(C(F)(F)F)c1. The summed E-state index contributed by atoms with van der Waals surface area (Å²) in [5, 5.41) is 12.2. The Bertz CT molecular complexity index is 426. The molecule has 2 N–H and O–H groups in total. The number of aliphatic hydroxyl groups excluding tert-OH is 1. The Hall–Kier alpha value is -0.720. The van der Waals surface area contributed by atoms with E-state index in [4.69, 9.17) is 5.11 Å². The lowest BCUT2D eigenvalue weighted by Crippen LogP contribution is -2.24. The van der Waals surface area contributed by atoms with Crippen LogP contribution in [0.25, 0.3) is 0 Å². The van der Waals surface area contributed by atoms with E-state index in [9.17, 15) is 13.2 Å². The number of rotatable bonds is 8. The van der Waals surface area contributed by atoms with Crippen LogP contribution in [0.3, 0.4) is 0 Å². The Morgan fingerprint density at radius 1 is 1.29 bits per heavy atom. The minimum Gasteiger partial charge on any atom is -0.396 e. The summed E-state index contributed by atoms with van der Waals surface area (Å²) in [5.74, 6) is 1.66. The number of benzene rings is 1. The summed E-state index contributed by atoms with van der Waals surface area (Å²) in [6.45, 7) is 4.70. The van der Waals surface area contributed by atoms with Crippen LogP contribution in [-0.2, 0) is 6.18 Å². The van der Waals surface area contributed by atoms with Crippen molar-refractivity contribution in [2.75, 3.05) is 24.7 Å². The standard InChI is InChI=1S/C15H22F3NOS/c1-3-19-14(10-21-9-11(2)8-20)12-5-4-6-13(7-12)15(16,17)18/h4-7,11,14,19-20H,3,8-10H2,1-2H3. The van der Waals surface area contributed by atoms with E-state index in [2.05, 4.69) is 5.32 Å². The predicted octanol–water partition coefficient (Wildman–Crippen LogP) is 3.72. The Morgan fingerprint density at radius 3 is 2.57 bits per heavy atom. The number of aliphatic hydroxyl groups is 1. The number of nitrogens with one attached hydrogen (secondary N) is 1. The van der Waals surface area contributed by atoms with Gasteiger partial charge >= 0.3 is 6.18 Å². The van der Waals surface area contributed by atoms with E-state index in [0.717, 1.165) is 11.8 Å². The molecule has 0 bridgehead atoms. The molecule has 0 aromatic heterocycles. The van der Waals surface area contributed by atoms with Crippen molar-refractivity contribution in [1.29, 1.82) is 0 Å². The van der Waals surface area contributed by atoms with Gasteiger partial charge in [0.1, 0.15) is 0 Å². The smallest absolute Gasteiger partial charge is 0.396 e. The molecule has 6 heteroatoms. The lowest BCUT2D eigenvalue weighted by Gasteiger charge is -2.20. The maximum absolute atomic E-state index is 12.8. The number of alkyl halides is 3. The van der Waals surface area contributed by atoms with Crippen LogP contribution in [0.15, 0.2) is 24.3 Å². The molecule has 0 saturated carbocycles. The number of hydrogen-bond acceptors (Lipinski definition) is 3. The monoisotopic (exact) mass is 321 g/mol. The Kier molecular flexibility index (Phi) is 7.56. The highest BCUT2D eigenvalue weighted by Crippen LogP contribution is 2.31. The zero-order valence-electron chi connectivity index (χ0n) is 12.3. The highest BCUT2D eigenvalue weighted by Gasteiger charge is 2.30. The molecule has 2 nitrogen and oxygen atoms in total. The second-order valence-corrected chi connectivity index (χ2v) is 6.13. The summed E-state index contributed by atoms with van der Waals surface area (Å²) < 4.78 is 38.3. The average Bonchev–Trinajstić information content (AvgIpc) is 2.45. The van der Waals surface area contributed by atoms with Crippen LogP contribution in [0.4, 0.5) is 13.2 Å². The van der Waals surface area contributed by atoms with Crippen molar-refractivity contribution in [3.63, 3.8) is 0 Å². The third-order valence-corrected chi connectivity index (χ3v) is 4.44. The predicted molar refractivity (Wildman–Crippen MR) is 81.4 cm³/mol.